The molecule has 3 atom stereocenters. The van der Waals surface area contributed by atoms with Crippen LogP contribution in [0.1, 0.15) is 39.2 Å². The summed E-state index contributed by atoms with van der Waals surface area (Å²) in [6, 6.07) is 15.2. The van der Waals surface area contributed by atoms with Crippen molar-refractivity contribution in [3.8, 4) is 5.75 Å². The van der Waals surface area contributed by atoms with Crippen molar-refractivity contribution in [3.63, 3.8) is 0 Å². The van der Waals surface area contributed by atoms with Gasteiger partial charge in [-0.2, -0.15) is 13.2 Å². The van der Waals surface area contributed by atoms with Gasteiger partial charge in [0.25, 0.3) is 5.91 Å². The van der Waals surface area contributed by atoms with Crippen molar-refractivity contribution >= 4 is 74.1 Å². The number of thiazole rings is 1. The van der Waals surface area contributed by atoms with Gasteiger partial charge in [0.2, 0.25) is 11.8 Å². The maximum atomic E-state index is 14.1. The van der Waals surface area contributed by atoms with E-state index in [-0.39, 0.29) is 12.4 Å². The summed E-state index contributed by atoms with van der Waals surface area (Å²) in [5, 5.41) is 1.82. The van der Waals surface area contributed by atoms with Gasteiger partial charge in [-0.05, 0) is 61.5 Å². The Balaban J connectivity index is 1.31. The number of nitrogens with zero attached hydrogens (tertiary/aromatic N) is 1. The van der Waals surface area contributed by atoms with Crippen LogP contribution in [-0.2, 0) is 25.3 Å². The Kier molecular flexibility index (Phi) is 9.24. The zero-order valence-electron chi connectivity index (χ0n) is 24.6. The lowest BCUT2D eigenvalue weighted by atomic mass is 9.82. The van der Waals surface area contributed by atoms with Crippen molar-refractivity contribution in [1.82, 2.24) is 4.98 Å². The number of carbonyl (C=O) groups is 4. The Morgan fingerprint density at radius 2 is 1.75 bits per heavy atom. The number of esters is 1. The number of alkyl halides is 3. The molecule has 3 heterocycles. The Bertz CT molecular complexity index is 2000. The van der Waals surface area contributed by atoms with E-state index in [4.69, 9.17) is 9.47 Å². The van der Waals surface area contributed by atoms with E-state index in [0.29, 0.717) is 36.1 Å². The van der Waals surface area contributed by atoms with Crippen LogP contribution in [0.5, 0.6) is 5.75 Å². The van der Waals surface area contributed by atoms with Gasteiger partial charge in [0, 0.05) is 26.5 Å². The molecule has 1 saturated heterocycles. The van der Waals surface area contributed by atoms with Gasteiger partial charge >= 0.3 is 17.0 Å². The highest BCUT2D eigenvalue weighted by Gasteiger charge is 2.57. The normalized spacial score (nSPS) is 18.7. The fourth-order valence-electron chi connectivity index (χ4n) is 5.64. The molecule has 2 unspecified atom stereocenters. The van der Waals surface area contributed by atoms with E-state index < -0.39 is 69.7 Å². The monoisotopic (exact) mass is 761 g/mol. The van der Waals surface area contributed by atoms with E-state index in [1.54, 1.807) is 25.1 Å². The first-order chi connectivity index (χ1) is 22.9. The number of rotatable bonds is 8. The fourth-order valence-corrected chi connectivity index (χ4v) is 8.52. The molecule has 16 heteroatoms. The van der Waals surface area contributed by atoms with Crippen molar-refractivity contribution in [2.24, 2.45) is 5.92 Å². The molecule has 2 aliphatic heterocycles. The molecule has 0 saturated carbocycles. The number of hydrogen-bond acceptors (Lipinski definition) is 9. The lowest BCUT2D eigenvalue weighted by molar-refractivity contribution is -0.137. The van der Waals surface area contributed by atoms with Crippen LogP contribution in [0.2, 0.25) is 0 Å². The fraction of sp³-hybridized carbons (Fsp3) is 0.219. The van der Waals surface area contributed by atoms with Gasteiger partial charge in [-0.15, -0.1) is 0 Å². The van der Waals surface area contributed by atoms with Crippen molar-refractivity contribution in [2.45, 2.75) is 29.3 Å². The molecular formula is C32H23BrF3N3O7S2. The number of thioether (sulfide) groups is 1. The predicted octanol–water partition coefficient (Wildman–Crippen LogP) is 6.21. The molecule has 1 fully saturated rings. The number of carbonyl (C=O) groups excluding carboxylic acids is 4. The van der Waals surface area contributed by atoms with Crippen LogP contribution in [0.15, 0.2) is 81.0 Å². The summed E-state index contributed by atoms with van der Waals surface area (Å²) in [6.07, 6.45) is -4.84. The number of H-pyrrole nitrogens is 1. The topological polar surface area (TPSA) is 135 Å². The van der Waals surface area contributed by atoms with E-state index in [0.717, 1.165) is 35.2 Å². The SMILES string of the molecule is CCOC(=O)c1ccc(NC(=O)COc2ccc(Br)cc2[C@H]2c3sc(=O)[nH]c3SC3C(=O)N(c4ccccc4C(F)(F)F)C(=O)C32)cc1. The molecule has 0 bridgehead atoms. The lowest BCUT2D eigenvalue weighted by Gasteiger charge is -2.31. The van der Waals surface area contributed by atoms with Gasteiger partial charge in [0.1, 0.15) is 11.0 Å². The molecule has 0 aliphatic carbocycles. The quantitative estimate of drug-likeness (QED) is 0.160. The number of aromatic nitrogens is 1. The predicted molar refractivity (Wildman–Crippen MR) is 175 cm³/mol. The van der Waals surface area contributed by atoms with Crippen molar-refractivity contribution < 1.29 is 41.8 Å². The standard InChI is InChI=1S/C32H23BrF3N3O7S2/c1-2-45-30(43)15-7-10-17(11-8-15)37-22(40)14-46-21-12-9-16(33)13-18(21)23-24-26(47-27-25(23)48-31(44)38-27)29(42)39(28(24)41)20-6-4-3-5-19(20)32(34,35)36/h3-13,23-24,26H,2,14H2,1H3,(H,37,40)(H,38,44)/t23-,24?,26?/m1/s1. The van der Waals surface area contributed by atoms with Crippen molar-refractivity contribution in [1.29, 1.82) is 0 Å². The minimum atomic E-state index is -4.84. The van der Waals surface area contributed by atoms with E-state index >= 15 is 0 Å². The number of aromatic amines is 1. The molecule has 0 radical (unpaired) electrons. The number of para-hydroxylation sites is 1. The van der Waals surface area contributed by atoms with Crippen LogP contribution in [0.4, 0.5) is 24.5 Å². The molecule has 2 aliphatic rings. The first-order valence-electron chi connectivity index (χ1n) is 14.3. The minimum absolute atomic E-state index is 0.155. The zero-order valence-corrected chi connectivity index (χ0v) is 27.8. The third-order valence-electron chi connectivity index (χ3n) is 7.62. The Hall–Kier alpha value is -4.41. The van der Waals surface area contributed by atoms with Crippen LogP contribution >= 0.6 is 39.0 Å². The number of hydrogen-bond donors (Lipinski definition) is 2. The van der Waals surface area contributed by atoms with E-state index in [9.17, 15) is 37.1 Å². The molecule has 10 nitrogen and oxygen atoms in total. The number of nitrogens with one attached hydrogen (secondary N) is 2. The largest absolute Gasteiger partial charge is 0.483 e. The smallest absolute Gasteiger partial charge is 0.418 e. The van der Waals surface area contributed by atoms with Crippen LogP contribution in [0, 0.1) is 5.92 Å². The summed E-state index contributed by atoms with van der Waals surface area (Å²) < 4.78 is 53.4. The summed E-state index contributed by atoms with van der Waals surface area (Å²) in [6.45, 7) is 1.41. The number of amides is 3. The van der Waals surface area contributed by atoms with E-state index in [1.165, 1.54) is 36.4 Å². The van der Waals surface area contributed by atoms with Crippen LogP contribution in [0.25, 0.3) is 0 Å². The highest BCUT2D eigenvalue weighted by molar-refractivity contribution is 9.10. The van der Waals surface area contributed by atoms with Crippen molar-refractivity contribution in [3.05, 3.63) is 102 Å². The first-order valence-corrected chi connectivity index (χ1v) is 16.8. The molecule has 4 aromatic rings. The summed E-state index contributed by atoms with van der Waals surface area (Å²) in [5.41, 5.74) is -0.682. The second-order valence-corrected chi connectivity index (χ2v) is 13.7. The summed E-state index contributed by atoms with van der Waals surface area (Å²) in [5.74, 6) is -4.80. The van der Waals surface area contributed by atoms with Gasteiger partial charge in [0.05, 0.1) is 34.4 Å². The minimum Gasteiger partial charge on any atom is -0.483 e. The molecule has 6 rings (SSSR count). The van der Waals surface area contributed by atoms with Gasteiger partial charge in [0.15, 0.2) is 6.61 Å². The molecule has 48 heavy (non-hydrogen) atoms. The summed E-state index contributed by atoms with van der Waals surface area (Å²) in [4.78, 5) is 68.4. The van der Waals surface area contributed by atoms with E-state index in [1.807, 2.05) is 0 Å². The second kappa shape index (κ2) is 13.2. The molecule has 3 aromatic carbocycles. The summed E-state index contributed by atoms with van der Waals surface area (Å²) in [7, 11) is 0. The lowest BCUT2D eigenvalue weighted by Crippen LogP contribution is -2.33. The van der Waals surface area contributed by atoms with Crippen LogP contribution in [0.3, 0.4) is 0 Å². The molecule has 0 spiro atoms. The number of anilines is 2. The average molecular weight is 763 g/mol. The first kappa shape index (κ1) is 33.5. The highest BCUT2D eigenvalue weighted by Crippen LogP contribution is 2.55. The molecule has 3 amide bonds. The van der Waals surface area contributed by atoms with Crippen LogP contribution < -0.4 is 19.8 Å². The zero-order chi connectivity index (χ0) is 34.3. The average Bonchev–Trinajstić information content (AvgIpc) is 3.54. The Labute approximate surface area is 286 Å². The van der Waals surface area contributed by atoms with Gasteiger partial charge < -0.3 is 19.8 Å². The van der Waals surface area contributed by atoms with Gasteiger partial charge in [-0.1, -0.05) is 51.2 Å². The van der Waals surface area contributed by atoms with Gasteiger partial charge in [-0.25, -0.2) is 9.69 Å². The van der Waals surface area contributed by atoms with Crippen LogP contribution in [-0.4, -0.2) is 47.1 Å². The molecular weight excluding hydrogens is 739 g/mol. The molecule has 1 aromatic heterocycles. The number of benzene rings is 3. The molecule has 2 N–H and O–H groups in total. The number of fused-ring (bicyclic) bond motifs is 2. The highest BCUT2D eigenvalue weighted by atomic mass is 79.9. The maximum absolute atomic E-state index is 14.1. The maximum Gasteiger partial charge on any atom is 0.418 e. The Morgan fingerprint density at radius 1 is 1.02 bits per heavy atom. The summed E-state index contributed by atoms with van der Waals surface area (Å²) >= 11 is 5.15. The third kappa shape index (κ3) is 6.39. The number of halogens is 4. The van der Waals surface area contributed by atoms with E-state index in [2.05, 4.69) is 26.2 Å². The number of imide groups is 1. The van der Waals surface area contributed by atoms with Crippen molar-refractivity contribution in [2.75, 3.05) is 23.4 Å². The second-order valence-electron chi connectivity index (χ2n) is 10.6. The number of ether oxygens (including phenoxy) is 2. The third-order valence-corrected chi connectivity index (χ3v) is 10.5. The Morgan fingerprint density at radius 3 is 2.46 bits per heavy atom. The molecule has 248 valence electrons. The van der Waals surface area contributed by atoms with Gasteiger partial charge in [-0.3, -0.25) is 19.2 Å².